The smallest absolute Gasteiger partial charge is 0.230 e. The minimum atomic E-state index is -0.0672. The second-order valence-corrected chi connectivity index (χ2v) is 17.2. The third-order valence-electron chi connectivity index (χ3n) is 12.4. The fourth-order valence-corrected chi connectivity index (χ4v) is 9.07. The normalized spacial score (nSPS) is 29.5. The highest BCUT2D eigenvalue weighted by atomic mass is 16.7. The molecule has 0 heterocycles. The lowest BCUT2D eigenvalue weighted by atomic mass is 9.50. The van der Waals surface area contributed by atoms with Gasteiger partial charge < -0.3 is 14.3 Å². The van der Waals surface area contributed by atoms with Crippen molar-refractivity contribution in [3.63, 3.8) is 0 Å². The molecule has 1 N–H and O–H groups in total. The topological polar surface area (TPSA) is 73.9 Å². The first-order chi connectivity index (χ1) is 22.6. The van der Waals surface area contributed by atoms with E-state index in [2.05, 4.69) is 79.9 Å². The van der Waals surface area contributed by atoms with E-state index in [1.807, 2.05) is 6.92 Å². The zero-order valence-corrected chi connectivity index (χ0v) is 33.1. The van der Waals surface area contributed by atoms with Crippen molar-refractivity contribution in [1.29, 1.82) is 0 Å². The Labute approximate surface area is 295 Å². The molecule has 48 heavy (non-hydrogen) atoms. The Morgan fingerprint density at radius 1 is 0.938 bits per heavy atom. The van der Waals surface area contributed by atoms with Crippen LogP contribution in [0, 0.1) is 34.5 Å². The van der Waals surface area contributed by atoms with Crippen LogP contribution in [0.15, 0.2) is 23.3 Å². The number of ether oxygens (including phenoxy) is 2. The molecule has 6 nitrogen and oxygen atoms in total. The number of nitrogens with one attached hydrogen (secondary N) is 1. The van der Waals surface area contributed by atoms with Gasteiger partial charge in [-0.2, -0.15) is 0 Å². The summed E-state index contributed by atoms with van der Waals surface area (Å²) in [5.74, 6) is 3.28. The van der Waals surface area contributed by atoms with Crippen molar-refractivity contribution < 1.29 is 23.9 Å². The van der Waals surface area contributed by atoms with Crippen LogP contribution < -0.4 is 5.48 Å². The summed E-state index contributed by atoms with van der Waals surface area (Å²) >= 11 is 0. The van der Waals surface area contributed by atoms with Gasteiger partial charge in [0, 0.05) is 13.5 Å². The Hall–Kier alpha value is -1.50. The summed E-state index contributed by atoms with van der Waals surface area (Å²) in [7, 11) is 1.75. The van der Waals surface area contributed by atoms with Crippen molar-refractivity contribution in [2.45, 2.75) is 183 Å². The maximum absolute atomic E-state index is 10.6. The third kappa shape index (κ3) is 12.1. The van der Waals surface area contributed by atoms with Crippen LogP contribution in [0.25, 0.3) is 0 Å². The van der Waals surface area contributed by atoms with Crippen molar-refractivity contribution in [3.05, 3.63) is 23.3 Å². The lowest BCUT2D eigenvalue weighted by Gasteiger charge is -2.55. The molecule has 0 bridgehead atoms. The monoisotopic (exact) mass is 674 g/mol. The lowest BCUT2D eigenvalue weighted by molar-refractivity contribution is -0.127. The summed E-state index contributed by atoms with van der Waals surface area (Å²) in [6, 6.07) is 0. The Morgan fingerprint density at radius 2 is 1.65 bits per heavy atom. The maximum atomic E-state index is 10.6. The van der Waals surface area contributed by atoms with Gasteiger partial charge in [0.2, 0.25) is 6.41 Å². The number of unbranched alkanes of at least 4 members (excludes halogenated alkanes) is 1. The molecule has 6 atom stereocenters. The zero-order chi connectivity index (χ0) is 36.0. The van der Waals surface area contributed by atoms with E-state index < -0.39 is 0 Å². The number of allylic oxidation sites excluding steroid dienone is 3. The first-order valence-electron chi connectivity index (χ1n) is 19.5. The van der Waals surface area contributed by atoms with E-state index in [4.69, 9.17) is 14.3 Å². The van der Waals surface area contributed by atoms with E-state index in [0.29, 0.717) is 23.7 Å². The zero-order valence-electron chi connectivity index (χ0n) is 33.1. The molecule has 0 aliphatic heterocycles. The number of hydrogen-bond donors (Lipinski definition) is 1. The van der Waals surface area contributed by atoms with Gasteiger partial charge in [-0.05, 0) is 126 Å². The SMILES string of the molecule is CC(C)CCCCC1CCC2C3=CC=C4CC(ONC=O)CCC4(C)C3CCC12C.CCC=O.CCCC(C)(C)OCCC(C)(C)OC. The van der Waals surface area contributed by atoms with Crippen LogP contribution in [0.4, 0.5) is 0 Å². The average Bonchev–Trinajstić information content (AvgIpc) is 3.38. The molecular weight excluding hydrogens is 598 g/mol. The number of carbonyl (C=O) groups excluding carboxylic acids is 2. The molecule has 6 heteroatoms. The van der Waals surface area contributed by atoms with Crippen LogP contribution in [-0.4, -0.2) is 43.7 Å². The minimum absolute atomic E-state index is 0.0125. The van der Waals surface area contributed by atoms with Crippen LogP contribution in [0.2, 0.25) is 0 Å². The average molecular weight is 674 g/mol. The number of amides is 1. The van der Waals surface area contributed by atoms with Gasteiger partial charge in [-0.1, -0.05) is 90.5 Å². The van der Waals surface area contributed by atoms with Crippen molar-refractivity contribution >= 4 is 12.7 Å². The molecule has 1 amide bonds. The minimum Gasteiger partial charge on any atom is -0.379 e. The van der Waals surface area contributed by atoms with Crippen molar-refractivity contribution in [2.24, 2.45) is 34.5 Å². The van der Waals surface area contributed by atoms with E-state index in [1.165, 1.54) is 64.2 Å². The van der Waals surface area contributed by atoms with Crippen LogP contribution in [0.5, 0.6) is 0 Å². The standard InChI is InChI=1S/C27H43NO2.C12H26O2.C3H6O/c1-19(2)7-5-6-8-20-10-12-24-23-11-9-21-17-22(30-28-18-29)13-15-27(21,4)25(23)14-16-26(20,24)3;1-7-8-12(4,5)14-10-9-11(2,3)13-6;1-2-3-4/h9,11,18-20,22,24-25H,5-8,10,12-17H2,1-4H3,(H,28,29);7-10H2,1-6H3;3H,2H2,1H3. The number of hydrogen-bond acceptors (Lipinski definition) is 5. The fraction of sp³-hybridized carbons (Fsp3) is 0.857. The first kappa shape index (κ1) is 42.7. The van der Waals surface area contributed by atoms with Gasteiger partial charge in [0.25, 0.3) is 0 Å². The van der Waals surface area contributed by atoms with Crippen LogP contribution in [-0.2, 0) is 23.9 Å². The molecule has 0 aromatic rings. The van der Waals surface area contributed by atoms with E-state index in [9.17, 15) is 9.59 Å². The van der Waals surface area contributed by atoms with E-state index in [1.54, 1.807) is 18.3 Å². The van der Waals surface area contributed by atoms with Crippen molar-refractivity contribution in [1.82, 2.24) is 5.48 Å². The van der Waals surface area contributed by atoms with Crippen LogP contribution in [0.1, 0.15) is 166 Å². The largest absolute Gasteiger partial charge is 0.379 e. The number of rotatable bonds is 16. The van der Waals surface area contributed by atoms with Gasteiger partial charge in [-0.15, -0.1) is 0 Å². The maximum Gasteiger partial charge on any atom is 0.230 e. The van der Waals surface area contributed by atoms with Gasteiger partial charge in [0.05, 0.1) is 23.9 Å². The third-order valence-corrected chi connectivity index (χ3v) is 12.4. The fourth-order valence-electron chi connectivity index (χ4n) is 9.07. The lowest BCUT2D eigenvalue weighted by Crippen LogP contribution is -2.46. The summed E-state index contributed by atoms with van der Waals surface area (Å²) in [6.45, 7) is 23.1. The molecule has 3 fully saturated rings. The molecular formula is C42H75NO5. The molecule has 0 spiro atoms. The summed E-state index contributed by atoms with van der Waals surface area (Å²) in [5.41, 5.74) is 6.52. The number of hydroxylamine groups is 1. The highest BCUT2D eigenvalue weighted by molar-refractivity contribution is 5.48. The summed E-state index contributed by atoms with van der Waals surface area (Å²) in [4.78, 5) is 25.3. The highest BCUT2D eigenvalue weighted by Gasteiger charge is 2.56. The molecule has 278 valence electrons. The first-order valence-corrected chi connectivity index (χ1v) is 19.5. The summed E-state index contributed by atoms with van der Waals surface area (Å²) < 4.78 is 11.2. The van der Waals surface area contributed by atoms with E-state index >= 15 is 0 Å². The molecule has 0 radical (unpaired) electrons. The second-order valence-electron chi connectivity index (χ2n) is 17.2. The van der Waals surface area contributed by atoms with Crippen molar-refractivity contribution in [2.75, 3.05) is 13.7 Å². The molecule has 4 aliphatic carbocycles. The van der Waals surface area contributed by atoms with Crippen molar-refractivity contribution in [3.8, 4) is 0 Å². The van der Waals surface area contributed by atoms with Gasteiger partial charge in [-0.3, -0.25) is 9.63 Å². The van der Waals surface area contributed by atoms with Gasteiger partial charge in [0.15, 0.2) is 0 Å². The summed E-state index contributed by atoms with van der Waals surface area (Å²) in [5, 5.41) is 0. The molecule has 0 aromatic heterocycles. The Bertz CT molecular complexity index is 1030. The Morgan fingerprint density at radius 3 is 2.25 bits per heavy atom. The van der Waals surface area contributed by atoms with Gasteiger partial charge >= 0.3 is 0 Å². The predicted molar refractivity (Wildman–Crippen MR) is 200 cm³/mol. The molecule has 4 aliphatic rings. The van der Waals surface area contributed by atoms with E-state index in [-0.39, 0.29) is 17.3 Å². The van der Waals surface area contributed by atoms with Crippen LogP contribution >= 0.6 is 0 Å². The second kappa shape index (κ2) is 19.8. The molecule has 6 unspecified atom stereocenters. The Balaban J connectivity index is 0.000000373. The number of fused-ring (bicyclic) bond motifs is 5. The number of aldehydes is 1. The number of carbonyl (C=O) groups is 2. The van der Waals surface area contributed by atoms with Crippen LogP contribution in [0.3, 0.4) is 0 Å². The molecule has 3 saturated carbocycles. The molecule has 0 aromatic carbocycles. The highest BCUT2D eigenvalue weighted by Crippen LogP contribution is 2.65. The molecule has 4 rings (SSSR count). The van der Waals surface area contributed by atoms with E-state index in [0.717, 1.165) is 62.2 Å². The summed E-state index contributed by atoms with van der Waals surface area (Å²) in [6.07, 6.45) is 24.9. The predicted octanol–water partition coefficient (Wildman–Crippen LogP) is 10.7. The van der Waals surface area contributed by atoms with Gasteiger partial charge in [0.1, 0.15) is 6.29 Å². The molecule has 0 saturated heterocycles. The van der Waals surface area contributed by atoms with Gasteiger partial charge in [-0.25, -0.2) is 5.48 Å². The number of methoxy groups -OCH3 is 1. The quantitative estimate of drug-likeness (QED) is 0.100. The Kier molecular flexibility index (Phi) is 17.6.